The van der Waals surface area contributed by atoms with Crippen molar-refractivity contribution >= 4 is 5.82 Å². The number of pyridine rings is 1. The summed E-state index contributed by atoms with van der Waals surface area (Å²) >= 11 is 0. The lowest BCUT2D eigenvalue weighted by Gasteiger charge is -2.23. The van der Waals surface area contributed by atoms with Crippen LogP contribution in [0.1, 0.15) is 37.8 Å². The molecule has 21 heavy (non-hydrogen) atoms. The van der Waals surface area contributed by atoms with Crippen molar-refractivity contribution in [3.05, 3.63) is 47.7 Å². The van der Waals surface area contributed by atoms with Crippen molar-refractivity contribution in [1.29, 1.82) is 0 Å². The van der Waals surface area contributed by atoms with Crippen molar-refractivity contribution in [2.75, 3.05) is 18.0 Å². The van der Waals surface area contributed by atoms with E-state index in [2.05, 4.69) is 67.9 Å². The summed E-state index contributed by atoms with van der Waals surface area (Å²) in [7, 11) is 0. The topological polar surface area (TPSA) is 16.1 Å². The normalized spacial score (nSPS) is 10.7. The first-order chi connectivity index (χ1) is 10.2. The summed E-state index contributed by atoms with van der Waals surface area (Å²) < 4.78 is 0. The SMILES string of the molecule is CCCN(CCC)c1cc(-c2ccccc2C)c(C)cn1. The van der Waals surface area contributed by atoms with Gasteiger partial charge in [-0.25, -0.2) is 4.98 Å². The van der Waals surface area contributed by atoms with Gasteiger partial charge in [-0.2, -0.15) is 0 Å². The molecule has 1 heterocycles. The zero-order chi connectivity index (χ0) is 15.2. The number of anilines is 1. The monoisotopic (exact) mass is 282 g/mol. The molecule has 2 heteroatoms. The van der Waals surface area contributed by atoms with Crippen LogP contribution in [0.15, 0.2) is 36.5 Å². The Hall–Kier alpha value is -1.83. The highest BCUT2D eigenvalue weighted by Crippen LogP contribution is 2.29. The van der Waals surface area contributed by atoms with Crippen molar-refractivity contribution in [3.63, 3.8) is 0 Å². The van der Waals surface area contributed by atoms with Crippen LogP contribution >= 0.6 is 0 Å². The summed E-state index contributed by atoms with van der Waals surface area (Å²) in [6, 6.07) is 10.8. The Bertz CT molecular complexity index is 584. The molecule has 112 valence electrons. The molecule has 0 bridgehead atoms. The van der Waals surface area contributed by atoms with E-state index in [1.807, 2.05) is 6.20 Å². The standard InChI is InChI=1S/C19H26N2/c1-5-11-21(12-6-2)19-13-18(16(4)14-20-19)17-10-8-7-9-15(17)3/h7-10,13-14H,5-6,11-12H2,1-4H3. The Morgan fingerprint density at radius 3 is 2.19 bits per heavy atom. The molecule has 1 aromatic carbocycles. The second-order valence-corrected chi connectivity index (χ2v) is 5.66. The van der Waals surface area contributed by atoms with E-state index < -0.39 is 0 Å². The fraction of sp³-hybridized carbons (Fsp3) is 0.421. The highest BCUT2D eigenvalue weighted by atomic mass is 15.2. The predicted octanol–water partition coefficient (Wildman–Crippen LogP) is 4.99. The fourth-order valence-corrected chi connectivity index (χ4v) is 2.73. The van der Waals surface area contributed by atoms with Gasteiger partial charge in [0.1, 0.15) is 5.82 Å². The Morgan fingerprint density at radius 2 is 1.57 bits per heavy atom. The maximum Gasteiger partial charge on any atom is 0.129 e. The summed E-state index contributed by atoms with van der Waals surface area (Å²) in [5, 5.41) is 0. The van der Waals surface area contributed by atoms with Gasteiger partial charge >= 0.3 is 0 Å². The molecule has 0 atom stereocenters. The Morgan fingerprint density at radius 1 is 0.905 bits per heavy atom. The van der Waals surface area contributed by atoms with E-state index in [-0.39, 0.29) is 0 Å². The number of hydrogen-bond donors (Lipinski definition) is 0. The molecule has 0 aliphatic heterocycles. The number of aromatic nitrogens is 1. The lowest BCUT2D eigenvalue weighted by molar-refractivity contribution is 0.734. The first-order valence-electron chi connectivity index (χ1n) is 7.95. The van der Waals surface area contributed by atoms with Gasteiger partial charge in [-0.05, 0) is 55.0 Å². The van der Waals surface area contributed by atoms with Crippen LogP contribution < -0.4 is 4.90 Å². The average Bonchev–Trinajstić information content (AvgIpc) is 2.48. The van der Waals surface area contributed by atoms with Gasteiger partial charge in [-0.1, -0.05) is 38.1 Å². The first-order valence-corrected chi connectivity index (χ1v) is 7.95. The molecule has 2 rings (SSSR count). The van der Waals surface area contributed by atoms with Gasteiger partial charge in [-0.3, -0.25) is 0 Å². The molecular weight excluding hydrogens is 256 g/mol. The van der Waals surface area contributed by atoms with Gasteiger partial charge in [0.25, 0.3) is 0 Å². The van der Waals surface area contributed by atoms with Crippen molar-refractivity contribution in [2.45, 2.75) is 40.5 Å². The molecule has 0 aliphatic carbocycles. The smallest absolute Gasteiger partial charge is 0.129 e. The van der Waals surface area contributed by atoms with Crippen LogP contribution in [0.2, 0.25) is 0 Å². The number of rotatable bonds is 6. The zero-order valence-corrected chi connectivity index (χ0v) is 13.7. The molecule has 0 amide bonds. The first kappa shape index (κ1) is 15.6. The van der Waals surface area contributed by atoms with Crippen LogP contribution in [0.3, 0.4) is 0 Å². The van der Waals surface area contributed by atoms with Crippen molar-refractivity contribution in [3.8, 4) is 11.1 Å². The Labute approximate surface area is 128 Å². The van der Waals surface area contributed by atoms with E-state index in [4.69, 9.17) is 0 Å². The number of aryl methyl sites for hydroxylation is 2. The lowest BCUT2D eigenvalue weighted by Crippen LogP contribution is -2.25. The van der Waals surface area contributed by atoms with Crippen LogP contribution in [0.25, 0.3) is 11.1 Å². The highest BCUT2D eigenvalue weighted by Gasteiger charge is 2.11. The summed E-state index contributed by atoms with van der Waals surface area (Å²) in [6.45, 7) is 10.9. The molecule has 0 saturated heterocycles. The van der Waals surface area contributed by atoms with Gasteiger partial charge in [0.05, 0.1) is 0 Å². The summed E-state index contributed by atoms with van der Waals surface area (Å²) in [5.41, 5.74) is 5.16. The minimum atomic E-state index is 1.07. The molecule has 0 unspecified atom stereocenters. The Kier molecular flexibility index (Phi) is 5.38. The second-order valence-electron chi connectivity index (χ2n) is 5.66. The number of benzene rings is 1. The predicted molar refractivity (Wildman–Crippen MR) is 91.9 cm³/mol. The molecule has 2 aromatic rings. The third kappa shape index (κ3) is 3.63. The molecule has 0 saturated carbocycles. The fourth-order valence-electron chi connectivity index (χ4n) is 2.73. The maximum atomic E-state index is 4.66. The van der Waals surface area contributed by atoms with Crippen molar-refractivity contribution in [2.24, 2.45) is 0 Å². The number of hydrogen-bond acceptors (Lipinski definition) is 2. The molecular formula is C19H26N2. The quantitative estimate of drug-likeness (QED) is 0.742. The lowest BCUT2D eigenvalue weighted by atomic mass is 9.98. The van der Waals surface area contributed by atoms with Gasteiger partial charge in [0.2, 0.25) is 0 Å². The van der Waals surface area contributed by atoms with Crippen molar-refractivity contribution < 1.29 is 0 Å². The number of nitrogens with zero attached hydrogens (tertiary/aromatic N) is 2. The van der Waals surface area contributed by atoms with Gasteiger partial charge in [-0.15, -0.1) is 0 Å². The van der Waals surface area contributed by atoms with Crippen molar-refractivity contribution in [1.82, 2.24) is 4.98 Å². The van der Waals surface area contributed by atoms with Gasteiger partial charge < -0.3 is 4.90 Å². The van der Waals surface area contributed by atoms with Crippen LogP contribution in [0.5, 0.6) is 0 Å². The van der Waals surface area contributed by atoms with Crippen LogP contribution in [-0.2, 0) is 0 Å². The Balaban J connectivity index is 2.43. The molecule has 0 spiro atoms. The molecule has 0 fully saturated rings. The van der Waals surface area contributed by atoms with Crippen LogP contribution in [0, 0.1) is 13.8 Å². The third-order valence-corrected chi connectivity index (χ3v) is 3.84. The molecule has 2 nitrogen and oxygen atoms in total. The highest BCUT2D eigenvalue weighted by molar-refractivity contribution is 5.72. The van der Waals surface area contributed by atoms with E-state index in [0.717, 1.165) is 31.7 Å². The van der Waals surface area contributed by atoms with Gasteiger partial charge in [0, 0.05) is 19.3 Å². The summed E-state index contributed by atoms with van der Waals surface area (Å²) in [6.07, 6.45) is 4.31. The largest absolute Gasteiger partial charge is 0.357 e. The van der Waals surface area contributed by atoms with E-state index in [0.29, 0.717) is 0 Å². The molecule has 1 aromatic heterocycles. The molecule has 0 radical (unpaired) electrons. The summed E-state index contributed by atoms with van der Waals surface area (Å²) in [5.74, 6) is 1.10. The minimum absolute atomic E-state index is 1.07. The molecule has 0 aliphatic rings. The second kappa shape index (κ2) is 7.26. The van der Waals surface area contributed by atoms with E-state index in [9.17, 15) is 0 Å². The third-order valence-electron chi connectivity index (χ3n) is 3.84. The van der Waals surface area contributed by atoms with E-state index in [1.165, 1.54) is 22.3 Å². The van der Waals surface area contributed by atoms with Crippen LogP contribution in [-0.4, -0.2) is 18.1 Å². The van der Waals surface area contributed by atoms with E-state index >= 15 is 0 Å². The zero-order valence-electron chi connectivity index (χ0n) is 13.7. The van der Waals surface area contributed by atoms with E-state index in [1.54, 1.807) is 0 Å². The summed E-state index contributed by atoms with van der Waals surface area (Å²) in [4.78, 5) is 7.05. The molecule has 0 N–H and O–H groups in total. The van der Waals surface area contributed by atoms with Gasteiger partial charge in [0.15, 0.2) is 0 Å². The average molecular weight is 282 g/mol. The van der Waals surface area contributed by atoms with Crippen LogP contribution in [0.4, 0.5) is 5.82 Å². The minimum Gasteiger partial charge on any atom is -0.357 e. The maximum absolute atomic E-state index is 4.66.